The topological polar surface area (TPSA) is 75.6 Å². The van der Waals surface area contributed by atoms with E-state index in [9.17, 15) is 22.8 Å². The highest BCUT2D eigenvalue weighted by atomic mass is 19.4. The number of carbonyl (C=O) groups excluding carboxylic acids is 1. The Balaban J connectivity index is 1.75. The predicted octanol–water partition coefficient (Wildman–Crippen LogP) is 3.95. The Morgan fingerprint density at radius 1 is 1.08 bits per heavy atom. The van der Waals surface area contributed by atoms with Gasteiger partial charge in [0.05, 0.1) is 11.0 Å². The second-order valence-corrected chi connectivity index (χ2v) is 5.99. The van der Waals surface area contributed by atoms with Crippen LogP contribution in [0.1, 0.15) is 28.8 Å². The number of carboxylic acid groups (broad SMARTS) is 1. The molecule has 5 nitrogen and oxygen atoms in total. The lowest BCUT2D eigenvalue weighted by molar-refractivity contribution is -0.274. The third-order valence-electron chi connectivity index (χ3n) is 4.19. The van der Waals surface area contributed by atoms with Gasteiger partial charge in [0.15, 0.2) is 0 Å². The van der Waals surface area contributed by atoms with Crippen LogP contribution in [0.3, 0.4) is 0 Å². The van der Waals surface area contributed by atoms with Gasteiger partial charge in [0.25, 0.3) is 0 Å². The van der Waals surface area contributed by atoms with Crippen molar-refractivity contribution < 1.29 is 32.6 Å². The van der Waals surface area contributed by atoms with E-state index in [0.717, 1.165) is 0 Å². The molecule has 1 aliphatic carbocycles. The summed E-state index contributed by atoms with van der Waals surface area (Å²) in [7, 11) is 0. The number of halogens is 3. The second-order valence-electron chi connectivity index (χ2n) is 5.99. The molecule has 1 amide bonds. The normalized spacial score (nSPS) is 15.2. The molecule has 0 radical (unpaired) electrons. The van der Waals surface area contributed by atoms with Crippen molar-refractivity contribution in [2.45, 2.75) is 24.6 Å². The number of alkyl halides is 3. The summed E-state index contributed by atoms with van der Waals surface area (Å²) in [6, 6.07) is 11.0. The van der Waals surface area contributed by atoms with Crippen molar-refractivity contribution in [2.75, 3.05) is 5.32 Å². The zero-order chi connectivity index (χ0) is 18.9. The smallest absolute Gasteiger partial charge is 0.478 e. The maximum atomic E-state index is 12.6. The number of benzene rings is 2. The van der Waals surface area contributed by atoms with Crippen molar-refractivity contribution in [3.63, 3.8) is 0 Å². The number of nitrogens with one attached hydrogen (secondary N) is 1. The van der Waals surface area contributed by atoms with Gasteiger partial charge in [0.1, 0.15) is 5.75 Å². The van der Waals surface area contributed by atoms with E-state index >= 15 is 0 Å². The lowest BCUT2D eigenvalue weighted by atomic mass is 9.94. The van der Waals surface area contributed by atoms with Gasteiger partial charge in [-0.3, -0.25) is 4.79 Å². The minimum Gasteiger partial charge on any atom is -0.478 e. The minimum absolute atomic E-state index is 0.0429. The highest BCUT2D eigenvalue weighted by Gasteiger charge is 2.51. The number of hydrogen-bond donors (Lipinski definition) is 2. The van der Waals surface area contributed by atoms with Gasteiger partial charge in [-0.2, -0.15) is 0 Å². The van der Waals surface area contributed by atoms with Gasteiger partial charge in [-0.15, -0.1) is 13.2 Å². The van der Waals surface area contributed by atoms with E-state index in [1.165, 1.54) is 42.5 Å². The lowest BCUT2D eigenvalue weighted by Crippen LogP contribution is -2.28. The minimum atomic E-state index is -4.77. The number of anilines is 1. The third-order valence-corrected chi connectivity index (χ3v) is 4.19. The van der Waals surface area contributed by atoms with Crippen molar-refractivity contribution in [1.29, 1.82) is 0 Å². The summed E-state index contributed by atoms with van der Waals surface area (Å²) in [5, 5.41) is 11.7. The molecule has 1 fully saturated rings. The zero-order valence-electron chi connectivity index (χ0n) is 13.3. The highest BCUT2D eigenvalue weighted by molar-refractivity contribution is 6.02. The van der Waals surface area contributed by atoms with Gasteiger partial charge in [-0.1, -0.05) is 18.2 Å². The second kappa shape index (κ2) is 6.36. The molecule has 0 spiro atoms. The van der Waals surface area contributed by atoms with Gasteiger partial charge < -0.3 is 15.2 Å². The van der Waals surface area contributed by atoms with Gasteiger partial charge in [-0.25, -0.2) is 4.79 Å². The molecule has 0 aromatic heterocycles. The standard InChI is InChI=1S/C18H14F3NO4/c19-18(20,21)26-14-6-4-12(5-7-14)17(8-9-17)16(25)22-13-3-1-2-11(10-13)15(23)24/h1-7,10H,8-9H2,(H,22,25)(H,23,24). The molecule has 136 valence electrons. The van der Waals surface area contributed by atoms with E-state index in [1.54, 1.807) is 6.07 Å². The number of hydrogen-bond acceptors (Lipinski definition) is 3. The quantitative estimate of drug-likeness (QED) is 0.841. The van der Waals surface area contributed by atoms with E-state index in [0.29, 0.717) is 24.1 Å². The van der Waals surface area contributed by atoms with Gasteiger partial charge in [0, 0.05) is 5.69 Å². The van der Waals surface area contributed by atoms with E-state index in [-0.39, 0.29) is 17.2 Å². The van der Waals surface area contributed by atoms with E-state index in [2.05, 4.69) is 10.1 Å². The van der Waals surface area contributed by atoms with Crippen LogP contribution in [0.15, 0.2) is 48.5 Å². The number of carbonyl (C=O) groups is 2. The monoisotopic (exact) mass is 365 g/mol. The van der Waals surface area contributed by atoms with Crippen molar-refractivity contribution >= 4 is 17.6 Å². The fraction of sp³-hybridized carbons (Fsp3) is 0.222. The molecular formula is C18H14F3NO4. The number of rotatable bonds is 5. The molecule has 26 heavy (non-hydrogen) atoms. The SMILES string of the molecule is O=C(O)c1cccc(NC(=O)C2(c3ccc(OC(F)(F)F)cc3)CC2)c1. The average molecular weight is 365 g/mol. The first kappa shape index (κ1) is 17.8. The third kappa shape index (κ3) is 3.79. The summed E-state index contributed by atoms with van der Waals surface area (Å²) in [4.78, 5) is 23.6. The number of ether oxygens (including phenoxy) is 1. The molecule has 0 aliphatic heterocycles. The van der Waals surface area contributed by atoms with Crippen LogP contribution in [0.25, 0.3) is 0 Å². The van der Waals surface area contributed by atoms with Gasteiger partial charge in [-0.05, 0) is 48.7 Å². The zero-order valence-corrected chi connectivity index (χ0v) is 13.3. The summed E-state index contributed by atoms with van der Waals surface area (Å²) in [6.45, 7) is 0. The molecule has 1 saturated carbocycles. The summed E-state index contributed by atoms with van der Waals surface area (Å²) < 4.78 is 40.5. The Morgan fingerprint density at radius 3 is 2.27 bits per heavy atom. The Labute approximate surface area is 146 Å². The van der Waals surface area contributed by atoms with Crippen molar-refractivity contribution in [2.24, 2.45) is 0 Å². The lowest BCUT2D eigenvalue weighted by Gasteiger charge is -2.17. The van der Waals surface area contributed by atoms with Crippen LogP contribution in [-0.2, 0) is 10.2 Å². The Bertz CT molecular complexity index is 842. The molecule has 0 heterocycles. The molecule has 0 atom stereocenters. The molecule has 0 bridgehead atoms. The van der Waals surface area contributed by atoms with E-state index < -0.39 is 17.7 Å². The number of carboxylic acids is 1. The average Bonchev–Trinajstić information content (AvgIpc) is 3.36. The Hall–Kier alpha value is -3.03. The molecule has 0 unspecified atom stereocenters. The molecule has 3 rings (SSSR count). The maximum absolute atomic E-state index is 12.6. The fourth-order valence-electron chi connectivity index (χ4n) is 2.73. The van der Waals surface area contributed by atoms with Crippen molar-refractivity contribution in [3.05, 3.63) is 59.7 Å². The summed E-state index contributed by atoms with van der Waals surface area (Å²) >= 11 is 0. The van der Waals surface area contributed by atoms with Crippen LogP contribution in [0.4, 0.5) is 18.9 Å². The summed E-state index contributed by atoms with van der Waals surface area (Å²) in [5.41, 5.74) is 0.147. The Morgan fingerprint density at radius 2 is 1.73 bits per heavy atom. The van der Waals surface area contributed by atoms with Crippen LogP contribution < -0.4 is 10.1 Å². The molecule has 8 heteroatoms. The van der Waals surface area contributed by atoms with Crippen LogP contribution in [-0.4, -0.2) is 23.3 Å². The molecule has 2 N–H and O–H groups in total. The van der Waals surface area contributed by atoms with Gasteiger partial charge >= 0.3 is 12.3 Å². The van der Waals surface area contributed by atoms with Gasteiger partial charge in [0.2, 0.25) is 5.91 Å². The molecule has 0 saturated heterocycles. The molecule has 2 aromatic carbocycles. The first-order chi connectivity index (χ1) is 12.2. The molecule has 2 aromatic rings. The molecular weight excluding hydrogens is 351 g/mol. The predicted molar refractivity (Wildman–Crippen MR) is 86.1 cm³/mol. The Kier molecular flexibility index (Phi) is 4.35. The van der Waals surface area contributed by atoms with Crippen LogP contribution in [0.2, 0.25) is 0 Å². The van der Waals surface area contributed by atoms with Crippen molar-refractivity contribution in [1.82, 2.24) is 0 Å². The molecule has 1 aliphatic rings. The van der Waals surface area contributed by atoms with Crippen LogP contribution in [0.5, 0.6) is 5.75 Å². The first-order valence-electron chi connectivity index (χ1n) is 7.71. The van der Waals surface area contributed by atoms with Crippen LogP contribution in [0, 0.1) is 0 Å². The number of amides is 1. The maximum Gasteiger partial charge on any atom is 0.573 e. The highest BCUT2D eigenvalue weighted by Crippen LogP contribution is 2.49. The summed E-state index contributed by atoms with van der Waals surface area (Å²) in [5.74, 6) is -1.79. The van der Waals surface area contributed by atoms with E-state index in [4.69, 9.17) is 5.11 Å². The number of aromatic carboxylic acids is 1. The largest absolute Gasteiger partial charge is 0.573 e. The van der Waals surface area contributed by atoms with Crippen LogP contribution >= 0.6 is 0 Å². The summed E-state index contributed by atoms with van der Waals surface area (Å²) in [6.07, 6.45) is -3.67. The van der Waals surface area contributed by atoms with Crippen molar-refractivity contribution in [3.8, 4) is 5.75 Å². The van der Waals surface area contributed by atoms with E-state index in [1.807, 2.05) is 0 Å². The first-order valence-corrected chi connectivity index (χ1v) is 7.71. The fourth-order valence-corrected chi connectivity index (χ4v) is 2.73.